The third-order valence-corrected chi connectivity index (χ3v) is 2.74. The minimum absolute atomic E-state index is 0.0917. The van der Waals surface area contributed by atoms with Crippen LogP contribution in [0.5, 0.6) is 0 Å². The molecule has 0 spiro atoms. The molecule has 0 fully saturated rings. The van der Waals surface area contributed by atoms with Crippen molar-refractivity contribution in [2.75, 3.05) is 7.11 Å². The summed E-state index contributed by atoms with van der Waals surface area (Å²) < 4.78 is 6.24. The zero-order valence-electron chi connectivity index (χ0n) is 10.3. The van der Waals surface area contributed by atoms with Crippen LogP contribution >= 0.6 is 0 Å². The normalized spacial score (nSPS) is 10.6. The number of hydrogen-bond acceptors (Lipinski definition) is 4. The summed E-state index contributed by atoms with van der Waals surface area (Å²) in [5.41, 5.74) is 2.31. The molecule has 2 rings (SSSR count). The van der Waals surface area contributed by atoms with Gasteiger partial charge in [0.05, 0.1) is 19.7 Å². The van der Waals surface area contributed by atoms with Crippen LogP contribution in [0.2, 0.25) is 0 Å². The van der Waals surface area contributed by atoms with Gasteiger partial charge in [0.2, 0.25) is 0 Å². The molecule has 18 heavy (non-hydrogen) atoms. The van der Waals surface area contributed by atoms with E-state index in [1.54, 1.807) is 4.40 Å². The van der Waals surface area contributed by atoms with Crippen LogP contribution in [-0.2, 0) is 9.53 Å². The zero-order valence-corrected chi connectivity index (χ0v) is 10.3. The number of methoxy groups -OCH3 is 1. The lowest BCUT2D eigenvalue weighted by Gasteiger charge is -2.01. The summed E-state index contributed by atoms with van der Waals surface area (Å²) in [4.78, 5) is 27.1. The third kappa shape index (κ3) is 2.40. The van der Waals surface area contributed by atoms with Crippen LogP contribution in [0.4, 0.5) is 0 Å². The summed E-state index contributed by atoms with van der Waals surface area (Å²) >= 11 is 0. The van der Waals surface area contributed by atoms with E-state index in [9.17, 15) is 9.59 Å². The second kappa shape index (κ2) is 5.00. The first-order chi connectivity index (χ1) is 8.61. The summed E-state index contributed by atoms with van der Waals surface area (Å²) in [6.07, 6.45) is 3.57. The molecule has 0 radical (unpaired) electrons. The molecule has 0 saturated carbocycles. The van der Waals surface area contributed by atoms with Crippen LogP contribution in [-0.4, -0.2) is 28.2 Å². The average molecular weight is 246 g/mol. The molecule has 0 saturated heterocycles. The number of carbonyl (C=O) groups excluding carboxylic acids is 2. The van der Waals surface area contributed by atoms with E-state index in [-0.39, 0.29) is 24.6 Å². The van der Waals surface area contributed by atoms with E-state index in [1.165, 1.54) is 13.3 Å². The van der Waals surface area contributed by atoms with Crippen molar-refractivity contribution in [1.29, 1.82) is 0 Å². The van der Waals surface area contributed by atoms with Crippen LogP contribution in [0.3, 0.4) is 0 Å². The summed E-state index contributed by atoms with van der Waals surface area (Å²) in [5, 5.41) is 0. The van der Waals surface area contributed by atoms with Crippen molar-refractivity contribution in [3.8, 4) is 0 Å². The van der Waals surface area contributed by atoms with Crippen molar-refractivity contribution in [1.82, 2.24) is 9.38 Å². The van der Waals surface area contributed by atoms with Gasteiger partial charge in [0.1, 0.15) is 11.3 Å². The van der Waals surface area contributed by atoms with E-state index in [0.29, 0.717) is 5.69 Å². The fourth-order valence-electron chi connectivity index (χ4n) is 1.73. The summed E-state index contributed by atoms with van der Waals surface area (Å²) in [6.45, 7) is 1.97. The highest BCUT2D eigenvalue weighted by atomic mass is 16.5. The van der Waals surface area contributed by atoms with Gasteiger partial charge in [-0.15, -0.1) is 0 Å². The highest BCUT2D eigenvalue weighted by Gasteiger charge is 2.13. The van der Waals surface area contributed by atoms with Gasteiger partial charge in [-0.2, -0.15) is 0 Å². The van der Waals surface area contributed by atoms with Crippen LogP contribution in [0, 0.1) is 6.92 Å². The molecule has 0 aliphatic carbocycles. The Labute approximate surface area is 104 Å². The maximum atomic E-state index is 12.0. The summed E-state index contributed by atoms with van der Waals surface area (Å²) in [5.74, 6) is -0.496. The monoisotopic (exact) mass is 246 g/mol. The van der Waals surface area contributed by atoms with Gasteiger partial charge in [0, 0.05) is 12.6 Å². The first-order valence-electron chi connectivity index (χ1n) is 5.65. The van der Waals surface area contributed by atoms with Gasteiger partial charge in [-0.3, -0.25) is 14.0 Å². The SMILES string of the molecule is COC(=O)CCC(=O)c1cnc2cc(C)ccn12. The fourth-order valence-corrected chi connectivity index (χ4v) is 1.73. The molecule has 0 bridgehead atoms. The Bertz CT molecular complexity index is 601. The van der Waals surface area contributed by atoms with E-state index in [0.717, 1.165) is 11.2 Å². The zero-order chi connectivity index (χ0) is 13.1. The number of fused-ring (bicyclic) bond motifs is 1. The van der Waals surface area contributed by atoms with Gasteiger partial charge < -0.3 is 4.74 Å². The van der Waals surface area contributed by atoms with Crippen molar-refractivity contribution < 1.29 is 14.3 Å². The number of nitrogens with zero attached hydrogens (tertiary/aromatic N) is 2. The third-order valence-electron chi connectivity index (χ3n) is 2.74. The number of aryl methyl sites for hydroxylation is 1. The maximum Gasteiger partial charge on any atom is 0.305 e. The number of Topliss-reactive ketones (excluding diaryl/α,β-unsaturated/α-hetero) is 1. The molecule has 0 aliphatic heterocycles. The van der Waals surface area contributed by atoms with Crippen molar-refractivity contribution in [2.45, 2.75) is 19.8 Å². The number of esters is 1. The Morgan fingerprint density at radius 1 is 1.39 bits per heavy atom. The molecule has 0 N–H and O–H groups in total. The van der Waals surface area contributed by atoms with Gasteiger partial charge in [-0.1, -0.05) is 0 Å². The standard InChI is InChI=1S/C13H14N2O3/c1-9-5-6-15-10(8-14-12(15)7-9)11(16)3-4-13(17)18-2/h5-8H,3-4H2,1-2H3. The number of pyridine rings is 1. The minimum atomic E-state index is -0.381. The summed E-state index contributed by atoms with van der Waals surface area (Å²) in [6, 6.07) is 3.81. The molecule has 94 valence electrons. The number of ketones is 1. The second-order valence-corrected chi connectivity index (χ2v) is 4.08. The fraction of sp³-hybridized carbons (Fsp3) is 0.308. The molecular weight excluding hydrogens is 232 g/mol. The van der Waals surface area contributed by atoms with Gasteiger partial charge >= 0.3 is 5.97 Å². The molecule has 0 aromatic carbocycles. The Morgan fingerprint density at radius 2 is 2.17 bits per heavy atom. The lowest BCUT2D eigenvalue weighted by Crippen LogP contribution is -2.08. The lowest BCUT2D eigenvalue weighted by molar-refractivity contribution is -0.140. The number of rotatable bonds is 4. The maximum absolute atomic E-state index is 12.0. The van der Waals surface area contributed by atoms with Crippen molar-refractivity contribution in [3.63, 3.8) is 0 Å². The van der Waals surface area contributed by atoms with Gasteiger partial charge in [0.25, 0.3) is 0 Å². The molecule has 0 unspecified atom stereocenters. The minimum Gasteiger partial charge on any atom is -0.469 e. The number of imidazole rings is 1. The van der Waals surface area contributed by atoms with Gasteiger partial charge in [-0.05, 0) is 24.6 Å². The van der Waals surface area contributed by atoms with Crippen LogP contribution in [0.15, 0.2) is 24.5 Å². The van der Waals surface area contributed by atoms with Crippen LogP contribution < -0.4 is 0 Å². The molecular formula is C13H14N2O3. The smallest absolute Gasteiger partial charge is 0.305 e. The van der Waals surface area contributed by atoms with E-state index in [4.69, 9.17) is 0 Å². The topological polar surface area (TPSA) is 60.7 Å². The molecule has 5 nitrogen and oxygen atoms in total. The molecule has 5 heteroatoms. The number of carbonyl (C=O) groups is 2. The van der Waals surface area contributed by atoms with Gasteiger partial charge in [0.15, 0.2) is 5.78 Å². The highest BCUT2D eigenvalue weighted by molar-refractivity contribution is 5.96. The van der Waals surface area contributed by atoms with E-state index >= 15 is 0 Å². The predicted molar refractivity (Wildman–Crippen MR) is 65.5 cm³/mol. The van der Waals surface area contributed by atoms with Crippen molar-refractivity contribution in [2.24, 2.45) is 0 Å². The van der Waals surface area contributed by atoms with Crippen LogP contribution in [0.1, 0.15) is 28.9 Å². The molecule has 0 amide bonds. The van der Waals surface area contributed by atoms with Crippen LogP contribution in [0.25, 0.3) is 5.65 Å². The first kappa shape index (κ1) is 12.3. The largest absolute Gasteiger partial charge is 0.469 e. The molecule has 2 aromatic heterocycles. The number of ether oxygens (including phenoxy) is 1. The Balaban J connectivity index is 2.20. The molecule has 2 aromatic rings. The molecule has 0 atom stereocenters. The molecule has 2 heterocycles. The van der Waals surface area contributed by atoms with E-state index in [2.05, 4.69) is 9.72 Å². The van der Waals surface area contributed by atoms with E-state index < -0.39 is 0 Å². The number of hydrogen-bond donors (Lipinski definition) is 0. The van der Waals surface area contributed by atoms with Crippen molar-refractivity contribution >= 4 is 17.4 Å². The Kier molecular flexibility index (Phi) is 3.41. The predicted octanol–water partition coefficient (Wildman–Crippen LogP) is 1.78. The Morgan fingerprint density at radius 3 is 2.89 bits per heavy atom. The molecule has 0 aliphatic rings. The lowest BCUT2D eigenvalue weighted by atomic mass is 10.2. The van der Waals surface area contributed by atoms with Crippen molar-refractivity contribution in [3.05, 3.63) is 35.8 Å². The Hall–Kier alpha value is -2.17. The second-order valence-electron chi connectivity index (χ2n) is 4.08. The number of aromatic nitrogens is 2. The summed E-state index contributed by atoms with van der Waals surface area (Å²) in [7, 11) is 1.31. The van der Waals surface area contributed by atoms with Gasteiger partial charge in [-0.25, -0.2) is 4.98 Å². The van der Waals surface area contributed by atoms with E-state index in [1.807, 2.05) is 25.3 Å². The average Bonchev–Trinajstić information content (AvgIpc) is 2.78. The first-order valence-corrected chi connectivity index (χ1v) is 5.65. The quantitative estimate of drug-likeness (QED) is 0.609. The highest BCUT2D eigenvalue weighted by Crippen LogP contribution is 2.11.